The fourth-order valence-corrected chi connectivity index (χ4v) is 1.75. The molecule has 0 radical (unpaired) electrons. The van der Waals surface area contributed by atoms with Gasteiger partial charge in [-0.1, -0.05) is 12.1 Å². The van der Waals surface area contributed by atoms with Crippen molar-refractivity contribution in [1.29, 1.82) is 0 Å². The smallest absolute Gasteiger partial charge is 0.258 e. The van der Waals surface area contributed by atoms with Crippen molar-refractivity contribution in [2.24, 2.45) is 0 Å². The molecule has 0 saturated heterocycles. The van der Waals surface area contributed by atoms with Crippen molar-refractivity contribution in [3.05, 3.63) is 65.2 Å². The van der Waals surface area contributed by atoms with E-state index in [1.54, 1.807) is 31.2 Å². The Balaban J connectivity index is 2.21. The molecule has 5 heteroatoms. The zero-order valence-electron chi connectivity index (χ0n) is 10.7. The Morgan fingerprint density at radius 3 is 2.60 bits per heavy atom. The van der Waals surface area contributed by atoms with Crippen molar-refractivity contribution in [2.45, 2.75) is 13.0 Å². The molecule has 0 aromatic heterocycles. The molecular formula is C15H13F2NO2. The first-order valence-electron chi connectivity index (χ1n) is 6.02. The number of rotatable bonds is 3. The number of benzene rings is 2. The van der Waals surface area contributed by atoms with Crippen LogP contribution in [-0.4, -0.2) is 11.0 Å². The van der Waals surface area contributed by atoms with Crippen molar-refractivity contribution < 1.29 is 18.7 Å². The molecule has 1 unspecified atom stereocenters. The Morgan fingerprint density at radius 1 is 1.20 bits per heavy atom. The quantitative estimate of drug-likeness (QED) is 0.904. The highest BCUT2D eigenvalue weighted by atomic mass is 19.1. The summed E-state index contributed by atoms with van der Waals surface area (Å²) in [5.41, 5.74) is 0.813. The maximum absolute atomic E-state index is 13.5. The highest BCUT2D eigenvalue weighted by molar-refractivity contribution is 6.04. The summed E-state index contributed by atoms with van der Waals surface area (Å²) < 4.78 is 26.3. The molecule has 2 aromatic carbocycles. The predicted octanol–water partition coefficient (Wildman–Crippen LogP) is 3.27. The summed E-state index contributed by atoms with van der Waals surface area (Å²) in [4.78, 5) is 11.9. The number of carbonyl (C=O) groups excluding carboxylic acids is 1. The van der Waals surface area contributed by atoms with E-state index in [0.29, 0.717) is 17.3 Å². The molecule has 0 heterocycles. The molecule has 0 saturated carbocycles. The number of nitrogens with one attached hydrogen (secondary N) is 1. The molecule has 1 amide bonds. The van der Waals surface area contributed by atoms with Gasteiger partial charge in [-0.3, -0.25) is 4.79 Å². The summed E-state index contributed by atoms with van der Waals surface area (Å²) in [6, 6.07) is 9.33. The van der Waals surface area contributed by atoms with E-state index in [2.05, 4.69) is 5.32 Å². The first-order chi connectivity index (χ1) is 9.47. The summed E-state index contributed by atoms with van der Waals surface area (Å²) in [5.74, 6) is -2.34. The van der Waals surface area contributed by atoms with E-state index in [-0.39, 0.29) is 5.56 Å². The van der Waals surface area contributed by atoms with E-state index in [1.807, 2.05) is 0 Å². The van der Waals surface area contributed by atoms with Gasteiger partial charge in [0.1, 0.15) is 11.6 Å². The number of amides is 1. The van der Waals surface area contributed by atoms with Gasteiger partial charge in [0.15, 0.2) is 0 Å². The molecule has 2 rings (SSSR count). The second-order valence-electron chi connectivity index (χ2n) is 4.38. The Bertz CT molecular complexity index is 642. The van der Waals surface area contributed by atoms with Crippen LogP contribution in [0, 0.1) is 11.6 Å². The van der Waals surface area contributed by atoms with Crippen LogP contribution in [0.5, 0.6) is 0 Å². The van der Waals surface area contributed by atoms with E-state index in [0.717, 1.165) is 12.1 Å². The molecule has 0 bridgehead atoms. The van der Waals surface area contributed by atoms with Gasteiger partial charge in [0.05, 0.1) is 11.7 Å². The van der Waals surface area contributed by atoms with Crippen LogP contribution in [0.1, 0.15) is 28.9 Å². The number of halogens is 2. The number of hydrogen-bond acceptors (Lipinski definition) is 2. The fraction of sp³-hybridized carbons (Fsp3) is 0.133. The zero-order valence-corrected chi connectivity index (χ0v) is 10.7. The monoisotopic (exact) mass is 277 g/mol. The van der Waals surface area contributed by atoms with Gasteiger partial charge >= 0.3 is 0 Å². The van der Waals surface area contributed by atoms with Crippen LogP contribution in [-0.2, 0) is 0 Å². The van der Waals surface area contributed by atoms with Crippen molar-refractivity contribution in [3.63, 3.8) is 0 Å². The van der Waals surface area contributed by atoms with Crippen LogP contribution in [0.2, 0.25) is 0 Å². The minimum Gasteiger partial charge on any atom is -0.389 e. The van der Waals surface area contributed by atoms with Crippen LogP contribution in [0.25, 0.3) is 0 Å². The minimum atomic E-state index is -0.922. The predicted molar refractivity (Wildman–Crippen MR) is 71.4 cm³/mol. The van der Waals surface area contributed by atoms with Gasteiger partial charge < -0.3 is 10.4 Å². The van der Waals surface area contributed by atoms with Crippen LogP contribution >= 0.6 is 0 Å². The van der Waals surface area contributed by atoms with Crippen molar-refractivity contribution in [2.75, 3.05) is 5.32 Å². The SMILES string of the molecule is CC(O)c1cccc(NC(=O)c2ccc(F)cc2F)c1. The molecule has 2 aromatic rings. The molecule has 0 fully saturated rings. The maximum atomic E-state index is 13.5. The summed E-state index contributed by atoms with van der Waals surface area (Å²) in [6.45, 7) is 1.60. The second-order valence-corrected chi connectivity index (χ2v) is 4.38. The van der Waals surface area contributed by atoms with Gasteiger partial charge in [-0.15, -0.1) is 0 Å². The average Bonchev–Trinajstić information content (AvgIpc) is 2.38. The molecule has 0 aliphatic carbocycles. The molecule has 1 atom stereocenters. The largest absolute Gasteiger partial charge is 0.389 e. The third kappa shape index (κ3) is 3.19. The highest BCUT2D eigenvalue weighted by Gasteiger charge is 2.13. The Morgan fingerprint density at radius 2 is 1.95 bits per heavy atom. The van der Waals surface area contributed by atoms with Crippen LogP contribution < -0.4 is 5.32 Å². The fourth-order valence-electron chi connectivity index (χ4n) is 1.75. The minimum absolute atomic E-state index is 0.242. The van der Waals surface area contributed by atoms with Gasteiger partial charge in [-0.05, 0) is 36.8 Å². The number of hydrogen-bond donors (Lipinski definition) is 2. The molecule has 0 aliphatic rings. The Hall–Kier alpha value is -2.27. The second kappa shape index (κ2) is 5.79. The normalized spacial score (nSPS) is 12.0. The third-order valence-electron chi connectivity index (χ3n) is 2.80. The topological polar surface area (TPSA) is 49.3 Å². The van der Waals surface area contributed by atoms with E-state index >= 15 is 0 Å². The first kappa shape index (κ1) is 14.1. The first-order valence-corrected chi connectivity index (χ1v) is 6.02. The third-order valence-corrected chi connectivity index (χ3v) is 2.80. The Kier molecular flexibility index (Phi) is 4.10. The molecule has 3 nitrogen and oxygen atoms in total. The summed E-state index contributed by atoms with van der Waals surface area (Å²) in [7, 11) is 0. The number of aliphatic hydroxyl groups is 1. The number of carbonyl (C=O) groups is 1. The van der Waals surface area contributed by atoms with Crippen molar-refractivity contribution in [1.82, 2.24) is 0 Å². The maximum Gasteiger partial charge on any atom is 0.258 e. The van der Waals surface area contributed by atoms with Crippen molar-refractivity contribution in [3.8, 4) is 0 Å². The van der Waals surface area contributed by atoms with Crippen molar-refractivity contribution >= 4 is 11.6 Å². The lowest BCUT2D eigenvalue weighted by Gasteiger charge is -2.09. The molecule has 20 heavy (non-hydrogen) atoms. The molecule has 2 N–H and O–H groups in total. The van der Waals surface area contributed by atoms with E-state index in [1.165, 1.54) is 0 Å². The van der Waals surface area contributed by atoms with Gasteiger partial charge in [0, 0.05) is 11.8 Å². The lowest BCUT2D eigenvalue weighted by molar-refractivity contribution is 0.102. The molecular weight excluding hydrogens is 264 g/mol. The number of anilines is 1. The Labute approximate surface area is 114 Å². The van der Waals surface area contributed by atoms with Gasteiger partial charge in [0.2, 0.25) is 0 Å². The summed E-state index contributed by atoms with van der Waals surface area (Å²) >= 11 is 0. The molecule has 0 aliphatic heterocycles. The van der Waals surface area contributed by atoms with E-state index in [9.17, 15) is 18.7 Å². The lowest BCUT2D eigenvalue weighted by Crippen LogP contribution is -2.14. The van der Waals surface area contributed by atoms with E-state index in [4.69, 9.17) is 0 Å². The summed E-state index contributed by atoms with van der Waals surface area (Å²) in [5, 5.41) is 12.0. The number of aliphatic hydroxyl groups excluding tert-OH is 1. The van der Waals surface area contributed by atoms with Crippen LogP contribution in [0.4, 0.5) is 14.5 Å². The van der Waals surface area contributed by atoms with Gasteiger partial charge in [0.25, 0.3) is 5.91 Å². The molecule has 0 spiro atoms. The standard InChI is InChI=1S/C15H13F2NO2/c1-9(19)10-3-2-4-12(7-10)18-15(20)13-6-5-11(16)8-14(13)17/h2-9,19H,1H3,(H,18,20). The van der Waals surface area contributed by atoms with Crippen LogP contribution in [0.15, 0.2) is 42.5 Å². The average molecular weight is 277 g/mol. The van der Waals surface area contributed by atoms with Crippen LogP contribution in [0.3, 0.4) is 0 Å². The highest BCUT2D eigenvalue weighted by Crippen LogP contribution is 2.18. The van der Waals surface area contributed by atoms with E-state index < -0.39 is 23.6 Å². The zero-order chi connectivity index (χ0) is 14.7. The van der Waals surface area contributed by atoms with Gasteiger partial charge in [-0.25, -0.2) is 8.78 Å². The lowest BCUT2D eigenvalue weighted by atomic mass is 10.1. The van der Waals surface area contributed by atoms with Gasteiger partial charge in [-0.2, -0.15) is 0 Å². The summed E-state index contributed by atoms with van der Waals surface area (Å²) in [6.07, 6.45) is -0.672. The molecule has 104 valence electrons.